The summed E-state index contributed by atoms with van der Waals surface area (Å²) in [6, 6.07) is 22.5. The number of carbonyl (C=O) groups is 1. The predicted octanol–water partition coefficient (Wildman–Crippen LogP) is 5.45. The molecule has 30 heavy (non-hydrogen) atoms. The molecule has 0 heterocycles. The smallest absolute Gasteiger partial charge is 0.279 e. The number of halogens is 2. The molecule has 1 atom stereocenters. The number of benzene rings is 3. The molecule has 0 aromatic heterocycles. The summed E-state index contributed by atoms with van der Waals surface area (Å²) < 4.78 is 5.70. The molecule has 3 aromatic rings. The first kappa shape index (κ1) is 21.9. The van der Waals surface area contributed by atoms with E-state index in [4.69, 9.17) is 40.2 Å². The molecule has 5 nitrogen and oxygen atoms in total. The van der Waals surface area contributed by atoms with Gasteiger partial charge in [-0.05, 0) is 60.6 Å². The Hall–Kier alpha value is -2.80. The third-order valence-electron chi connectivity index (χ3n) is 4.06. The van der Waals surface area contributed by atoms with Gasteiger partial charge >= 0.3 is 0 Å². The molecule has 3 aromatic carbocycles. The lowest BCUT2D eigenvalue weighted by atomic mass is 10.1. The fourth-order valence-corrected chi connectivity index (χ4v) is 3.32. The van der Waals surface area contributed by atoms with E-state index < -0.39 is 6.10 Å². The molecule has 3 N–H and O–H groups in total. The highest BCUT2D eigenvalue weighted by atomic mass is 35.5. The van der Waals surface area contributed by atoms with Gasteiger partial charge in [0.05, 0.1) is 0 Å². The summed E-state index contributed by atoms with van der Waals surface area (Å²) in [5.74, 6) is 0.210. The van der Waals surface area contributed by atoms with E-state index in [1.165, 1.54) is 0 Å². The molecule has 3 rings (SSSR count). The van der Waals surface area contributed by atoms with Gasteiger partial charge < -0.3 is 10.1 Å². The topological polar surface area (TPSA) is 62.4 Å². The van der Waals surface area contributed by atoms with Crippen molar-refractivity contribution in [2.24, 2.45) is 0 Å². The van der Waals surface area contributed by atoms with Crippen LogP contribution >= 0.6 is 35.4 Å². The lowest BCUT2D eigenvalue weighted by molar-refractivity contribution is -0.127. The number of thiocarbonyl (C=S) groups is 1. The molecule has 0 radical (unpaired) electrons. The van der Waals surface area contributed by atoms with E-state index in [1.54, 1.807) is 25.1 Å². The second-order valence-corrected chi connectivity index (χ2v) is 7.66. The second kappa shape index (κ2) is 10.3. The third-order valence-corrected chi connectivity index (χ3v) is 4.70. The standard InChI is InChI=1S/C22H19Cl2N3O2S/c1-14(29-20-9-7-16(8-10-20)15-5-3-2-4-6-15)21(28)26-27-22(30)25-19-12-17(23)11-18(24)13-19/h2-14H,1H3,(H,26,28)(H2,25,27,30)/t14-/m1/s1. The van der Waals surface area contributed by atoms with Crippen LogP contribution in [-0.4, -0.2) is 17.1 Å². The van der Waals surface area contributed by atoms with Gasteiger partial charge in [-0.2, -0.15) is 0 Å². The van der Waals surface area contributed by atoms with E-state index in [0.29, 0.717) is 21.5 Å². The number of hydrogen-bond donors (Lipinski definition) is 3. The minimum Gasteiger partial charge on any atom is -0.481 e. The van der Waals surface area contributed by atoms with Gasteiger partial charge in [-0.1, -0.05) is 65.7 Å². The van der Waals surface area contributed by atoms with Crippen LogP contribution in [0.15, 0.2) is 72.8 Å². The molecule has 0 unspecified atom stereocenters. The molecule has 0 aliphatic heterocycles. The zero-order valence-corrected chi connectivity index (χ0v) is 18.3. The first-order valence-electron chi connectivity index (χ1n) is 9.06. The van der Waals surface area contributed by atoms with E-state index in [-0.39, 0.29) is 11.0 Å². The van der Waals surface area contributed by atoms with Crippen molar-refractivity contribution >= 4 is 52.1 Å². The zero-order valence-electron chi connectivity index (χ0n) is 16.0. The van der Waals surface area contributed by atoms with Crippen molar-refractivity contribution in [1.29, 1.82) is 0 Å². The molecule has 8 heteroatoms. The number of carbonyl (C=O) groups excluding carboxylic acids is 1. The minimum atomic E-state index is -0.733. The highest BCUT2D eigenvalue weighted by Crippen LogP contribution is 2.23. The summed E-state index contributed by atoms with van der Waals surface area (Å²) in [5, 5.41) is 4.01. The Kier molecular flexibility index (Phi) is 7.52. The maximum atomic E-state index is 12.3. The van der Waals surface area contributed by atoms with Gasteiger partial charge in [0.15, 0.2) is 11.2 Å². The van der Waals surface area contributed by atoms with Crippen molar-refractivity contribution < 1.29 is 9.53 Å². The number of rotatable bonds is 5. The summed E-state index contributed by atoms with van der Waals surface area (Å²) in [6.07, 6.45) is -0.733. The zero-order chi connectivity index (χ0) is 21.5. The van der Waals surface area contributed by atoms with Crippen molar-refractivity contribution in [2.75, 3.05) is 5.32 Å². The number of amides is 1. The normalized spacial score (nSPS) is 11.3. The number of nitrogens with one attached hydrogen (secondary N) is 3. The van der Waals surface area contributed by atoms with Crippen molar-refractivity contribution in [3.63, 3.8) is 0 Å². The van der Waals surface area contributed by atoms with E-state index in [9.17, 15) is 4.79 Å². The Morgan fingerprint density at radius 2 is 1.50 bits per heavy atom. The number of hydrazine groups is 1. The molecule has 0 fully saturated rings. The third kappa shape index (κ3) is 6.35. The van der Waals surface area contributed by atoms with Gasteiger partial charge in [0.25, 0.3) is 5.91 Å². The summed E-state index contributed by atoms with van der Waals surface area (Å²) in [5.41, 5.74) is 7.91. The molecule has 154 valence electrons. The fraction of sp³-hybridized carbons (Fsp3) is 0.0909. The van der Waals surface area contributed by atoms with Crippen LogP contribution in [0.1, 0.15) is 6.92 Å². The molecule has 0 spiro atoms. The van der Waals surface area contributed by atoms with Crippen LogP contribution in [0.5, 0.6) is 5.75 Å². The molecule has 0 bridgehead atoms. The van der Waals surface area contributed by atoms with Crippen LogP contribution in [-0.2, 0) is 4.79 Å². The highest BCUT2D eigenvalue weighted by Gasteiger charge is 2.15. The summed E-state index contributed by atoms with van der Waals surface area (Å²) in [4.78, 5) is 12.3. The minimum absolute atomic E-state index is 0.182. The van der Waals surface area contributed by atoms with Gasteiger partial charge in [0.2, 0.25) is 0 Å². The number of hydrogen-bond acceptors (Lipinski definition) is 3. The van der Waals surface area contributed by atoms with E-state index in [1.807, 2.05) is 54.6 Å². The van der Waals surface area contributed by atoms with Crippen molar-refractivity contribution in [1.82, 2.24) is 10.9 Å². The quantitative estimate of drug-likeness (QED) is 0.349. The van der Waals surface area contributed by atoms with Crippen LogP contribution in [0.25, 0.3) is 11.1 Å². The molecule has 0 saturated carbocycles. The first-order chi connectivity index (χ1) is 14.4. The first-order valence-corrected chi connectivity index (χ1v) is 10.2. The van der Waals surface area contributed by atoms with Crippen LogP contribution in [0, 0.1) is 0 Å². The van der Waals surface area contributed by atoms with E-state index in [0.717, 1.165) is 11.1 Å². The highest BCUT2D eigenvalue weighted by molar-refractivity contribution is 7.80. The van der Waals surface area contributed by atoms with Crippen LogP contribution in [0.2, 0.25) is 10.0 Å². The molecule has 0 saturated heterocycles. The lowest BCUT2D eigenvalue weighted by Gasteiger charge is -2.17. The SMILES string of the molecule is C[C@@H](Oc1ccc(-c2ccccc2)cc1)C(=O)NNC(=S)Nc1cc(Cl)cc(Cl)c1. The Morgan fingerprint density at radius 1 is 0.900 bits per heavy atom. The van der Waals surface area contributed by atoms with E-state index >= 15 is 0 Å². The molecule has 0 aliphatic carbocycles. The van der Waals surface area contributed by atoms with Crippen LogP contribution in [0.3, 0.4) is 0 Å². The van der Waals surface area contributed by atoms with Crippen LogP contribution < -0.4 is 20.9 Å². The average molecular weight is 460 g/mol. The van der Waals surface area contributed by atoms with Gasteiger partial charge in [-0.15, -0.1) is 0 Å². The van der Waals surface area contributed by atoms with Crippen molar-refractivity contribution in [2.45, 2.75) is 13.0 Å². The molecule has 1 amide bonds. The molecule has 0 aliphatic rings. The van der Waals surface area contributed by atoms with Gasteiger partial charge in [0, 0.05) is 15.7 Å². The van der Waals surface area contributed by atoms with Gasteiger partial charge in [0.1, 0.15) is 5.75 Å². The average Bonchev–Trinajstić information content (AvgIpc) is 2.72. The van der Waals surface area contributed by atoms with Crippen LogP contribution in [0.4, 0.5) is 5.69 Å². The van der Waals surface area contributed by atoms with Crippen molar-refractivity contribution in [3.05, 3.63) is 82.8 Å². The maximum absolute atomic E-state index is 12.3. The Morgan fingerprint density at radius 3 is 2.13 bits per heavy atom. The summed E-state index contributed by atoms with van der Waals surface area (Å²) in [6.45, 7) is 1.65. The monoisotopic (exact) mass is 459 g/mol. The maximum Gasteiger partial charge on any atom is 0.279 e. The largest absolute Gasteiger partial charge is 0.481 e. The lowest BCUT2D eigenvalue weighted by Crippen LogP contribution is -2.48. The number of anilines is 1. The molecular formula is C22H19Cl2N3O2S. The number of ether oxygens (including phenoxy) is 1. The molecular weight excluding hydrogens is 441 g/mol. The fourth-order valence-electron chi connectivity index (χ4n) is 2.62. The second-order valence-electron chi connectivity index (χ2n) is 6.38. The summed E-state index contributed by atoms with van der Waals surface area (Å²) in [7, 11) is 0. The Labute approximate surface area is 190 Å². The Balaban J connectivity index is 1.49. The van der Waals surface area contributed by atoms with Gasteiger partial charge in [-0.25, -0.2) is 0 Å². The predicted molar refractivity (Wildman–Crippen MR) is 126 cm³/mol. The van der Waals surface area contributed by atoms with Crippen molar-refractivity contribution in [3.8, 4) is 16.9 Å². The summed E-state index contributed by atoms with van der Waals surface area (Å²) >= 11 is 17.1. The van der Waals surface area contributed by atoms with E-state index in [2.05, 4.69) is 16.2 Å². The Bertz CT molecular complexity index is 1010. The van der Waals surface area contributed by atoms with Gasteiger partial charge in [-0.3, -0.25) is 15.6 Å².